The summed E-state index contributed by atoms with van der Waals surface area (Å²) >= 11 is 13.4. The molecule has 0 spiro atoms. The fourth-order valence-corrected chi connectivity index (χ4v) is 9.00. The maximum Gasteiger partial charge on any atom is 0.356 e. The Morgan fingerprint density at radius 3 is 1.32 bits per heavy atom. The third kappa shape index (κ3) is 11.9. The van der Waals surface area contributed by atoms with Gasteiger partial charge in [0.2, 0.25) is 0 Å². The summed E-state index contributed by atoms with van der Waals surface area (Å²) < 4.78 is 29.9. The maximum atomic E-state index is 15.0. The van der Waals surface area contributed by atoms with Crippen molar-refractivity contribution >= 4 is 81.9 Å². The van der Waals surface area contributed by atoms with Crippen molar-refractivity contribution in [2.75, 3.05) is 46.1 Å². The van der Waals surface area contributed by atoms with E-state index in [1.165, 1.54) is 21.9 Å². The van der Waals surface area contributed by atoms with Crippen molar-refractivity contribution in [3.63, 3.8) is 0 Å². The van der Waals surface area contributed by atoms with Crippen LogP contribution in [0.3, 0.4) is 0 Å². The number of halogens is 4. The van der Waals surface area contributed by atoms with Crippen molar-refractivity contribution in [1.29, 1.82) is 0 Å². The number of amides is 2. The van der Waals surface area contributed by atoms with Crippen LogP contribution in [-0.2, 0) is 32.4 Å². The van der Waals surface area contributed by atoms with Crippen LogP contribution in [-0.4, -0.2) is 82.0 Å². The van der Waals surface area contributed by atoms with Gasteiger partial charge in [-0.25, -0.2) is 18.4 Å². The predicted molar refractivity (Wildman–Crippen MR) is 283 cm³/mol. The average molecular weight is 1040 g/mol. The Kier molecular flexibility index (Phi) is 16.9. The quantitative estimate of drug-likeness (QED) is 0.0759. The van der Waals surface area contributed by atoms with Gasteiger partial charge in [-0.15, -0.1) is 0 Å². The Balaban J connectivity index is 1.13. The van der Waals surface area contributed by atoms with Gasteiger partial charge in [0.05, 0.1) is 66.7 Å². The van der Waals surface area contributed by atoms with Crippen molar-refractivity contribution in [3.8, 4) is 0 Å². The molecule has 2 aliphatic rings. The fourth-order valence-electron chi connectivity index (χ4n) is 8.54. The van der Waals surface area contributed by atoms with E-state index in [1.807, 2.05) is 24.3 Å². The van der Waals surface area contributed by atoms with Crippen LogP contribution in [0.15, 0.2) is 146 Å². The number of carbonyl (C=O) groups is 4. The van der Waals surface area contributed by atoms with E-state index in [1.54, 1.807) is 85.0 Å². The smallest absolute Gasteiger partial charge is 0.334 e. The first-order chi connectivity index (χ1) is 35.8. The molecule has 0 saturated carbocycles. The number of benzene rings is 4. The standard InChI is InChI=1S/C56H52Cl2F2N8O6/c1-5-63(6-2)35-41-17-13-15-39(61-41)25-29-51-65(49-21-11-9-19-45(49)57)55(71)43-33-37(59)23-27-47(43)67(51)73-53(69)31-32-54(70)74-68-48-28-24-38(60)34-44(48)56(72)66(50-22-12-10-20-46(50)58)52(68)30-26-40-16-14-18-42(62-40)36-64(7-3)8-4/h9-34,51-52H,5-8,35-36H2,1-4H3/b29-25?,30-26?,32-31-. The zero-order valence-corrected chi connectivity index (χ0v) is 42.5. The van der Waals surface area contributed by atoms with Gasteiger partial charge >= 0.3 is 11.9 Å². The van der Waals surface area contributed by atoms with Gasteiger partial charge in [0.25, 0.3) is 11.8 Å². The summed E-state index contributed by atoms with van der Waals surface area (Å²) in [6.45, 7) is 12.7. The topological polar surface area (TPSA) is 132 Å². The van der Waals surface area contributed by atoms with Crippen molar-refractivity contribution in [3.05, 3.63) is 201 Å². The van der Waals surface area contributed by atoms with Crippen LogP contribution in [0.2, 0.25) is 10.0 Å². The lowest BCUT2D eigenvalue weighted by molar-refractivity contribution is -0.142. The largest absolute Gasteiger partial charge is 0.356 e. The first-order valence-electron chi connectivity index (χ1n) is 24.0. The van der Waals surface area contributed by atoms with Gasteiger partial charge in [0.1, 0.15) is 11.6 Å². The van der Waals surface area contributed by atoms with Crippen LogP contribution in [0.4, 0.5) is 31.5 Å². The molecule has 0 saturated heterocycles. The molecule has 0 bridgehead atoms. The number of pyridine rings is 2. The molecule has 2 aromatic heterocycles. The second-order valence-electron chi connectivity index (χ2n) is 17.0. The fraction of sp³-hybridized carbons (Fsp3) is 0.214. The Morgan fingerprint density at radius 1 is 0.554 bits per heavy atom. The minimum Gasteiger partial charge on any atom is -0.334 e. The number of nitrogens with zero attached hydrogens (tertiary/aromatic N) is 8. The molecular formula is C56H52Cl2F2N8O6. The van der Waals surface area contributed by atoms with Gasteiger partial charge in [-0.05, 0) is 135 Å². The average Bonchev–Trinajstić information content (AvgIpc) is 3.40. The molecule has 6 aromatic rings. The third-order valence-electron chi connectivity index (χ3n) is 12.4. The van der Waals surface area contributed by atoms with E-state index in [9.17, 15) is 28.0 Å². The molecule has 74 heavy (non-hydrogen) atoms. The molecule has 2 amide bonds. The number of hydrogen-bond acceptors (Lipinski definition) is 12. The van der Waals surface area contributed by atoms with Crippen molar-refractivity contribution < 1.29 is 37.6 Å². The Morgan fingerprint density at radius 2 is 0.946 bits per heavy atom. The summed E-state index contributed by atoms with van der Waals surface area (Å²) in [5.74, 6) is -4.95. The van der Waals surface area contributed by atoms with Gasteiger partial charge in [-0.1, -0.05) is 87.3 Å². The number of fused-ring (bicyclic) bond motifs is 2. The number of anilines is 4. The van der Waals surface area contributed by atoms with E-state index in [-0.39, 0.29) is 43.9 Å². The van der Waals surface area contributed by atoms with E-state index in [0.717, 1.165) is 84.1 Å². The molecular weight excluding hydrogens is 990 g/mol. The van der Waals surface area contributed by atoms with Crippen molar-refractivity contribution in [2.45, 2.75) is 53.1 Å². The number of hydrogen-bond donors (Lipinski definition) is 0. The van der Waals surface area contributed by atoms with Crippen molar-refractivity contribution in [1.82, 2.24) is 19.8 Å². The summed E-state index contributed by atoms with van der Waals surface area (Å²) in [7, 11) is 0. The second kappa shape index (κ2) is 23.9. The molecule has 0 N–H and O–H groups in total. The van der Waals surface area contributed by atoms with E-state index in [2.05, 4.69) is 37.5 Å². The van der Waals surface area contributed by atoms with Gasteiger partial charge < -0.3 is 9.68 Å². The molecule has 0 aliphatic carbocycles. The molecule has 14 nitrogen and oxygen atoms in total. The van der Waals surface area contributed by atoms with Crippen LogP contribution in [0, 0.1) is 11.6 Å². The van der Waals surface area contributed by atoms with Crippen LogP contribution >= 0.6 is 23.2 Å². The minimum atomic E-state index is -1.24. The number of aromatic nitrogens is 2. The zero-order chi connectivity index (χ0) is 52.5. The lowest BCUT2D eigenvalue weighted by atomic mass is 10.0. The molecule has 0 fully saturated rings. The number of hydroxylamine groups is 2. The Labute approximate surface area is 437 Å². The van der Waals surface area contributed by atoms with E-state index in [0.29, 0.717) is 24.5 Å². The van der Waals surface area contributed by atoms with Crippen LogP contribution < -0.4 is 19.9 Å². The number of carbonyl (C=O) groups excluding carboxylic acids is 4. The maximum absolute atomic E-state index is 15.0. The molecule has 2 unspecified atom stereocenters. The molecule has 2 atom stereocenters. The third-order valence-corrected chi connectivity index (χ3v) is 13.0. The molecule has 0 radical (unpaired) electrons. The summed E-state index contributed by atoms with van der Waals surface area (Å²) in [4.78, 5) is 85.6. The monoisotopic (exact) mass is 1040 g/mol. The highest BCUT2D eigenvalue weighted by molar-refractivity contribution is 6.35. The summed E-state index contributed by atoms with van der Waals surface area (Å²) in [6, 6.07) is 31.1. The molecule has 2 aliphatic heterocycles. The van der Waals surface area contributed by atoms with Crippen LogP contribution in [0.1, 0.15) is 71.2 Å². The van der Waals surface area contributed by atoms with E-state index >= 15 is 0 Å². The molecule has 18 heteroatoms. The van der Waals surface area contributed by atoms with Crippen LogP contribution in [0.5, 0.6) is 0 Å². The first kappa shape index (κ1) is 52.6. The number of rotatable bonds is 18. The summed E-state index contributed by atoms with van der Waals surface area (Å²) in [5.41, 5.74) is 2.90. The number of para-hydroxylation sites is 2. The van der Waals surface area contributed by atoms with Crippen LogP contribution in [0.25, 0.3) is 12.2 Å². The molecule has 4 aromatic carbocycles. The molecule has 380 valence electrons. The summed E-state index contributed by atoms with van der Waals surface area (Å²) in [6.07, 6.45) is 5.66. The molecule has 8 rings (SSSR count). The Bertz CT molecular complexity index is 2940. The predicted octanol–water partition coefficient (Wildman–Crippen LogP) is 10.9. The SMILES string of the molecule is CCN(CC)Cc1cccc(C=CC2N(OC(=O)/C=C\C(=O)ON3c4ccc(F)cc4C(=O)N(c4ccccc4Cl)C3C=Cc3cccc(CN(CC)CC)n3)c3ccc(F)cc3C(=O)N2c2ccccc2Cl)n1. The normalized spacial score (nSPS) is 15.8. The highest BCUT2D eigenvalue weighted by Gasteiger charge is 2.42. The first-order valence-corrected chi connectivity index (χ1v) is 24.7. The second-order valence-corrected chi connectivity index (χ2v) is 17.8. The van der Waals surface area contributed by atoms with Gasteiger partial charge in [0.15, 0.2) is 12.3 Å². The van der Waals surface area contributed by atoms with Crippen molar-refractivity contribution in [2.24, 2.45) is 0 Å². The van der Waals surface area contributed by atoms with Gasteiger partial charge in [0, 0.05) is 25.2 Å². The van der Waals surface area contributed by atoms with Gasteiger partial charge in [-0.3, -0.25) is 39.2 Å². The zero-order valence-electron chi connectivity index (χ0n) is 40.9. The summed E-state index contributed by atoms with van der Waals surface area (Å²) in [5, 5.41) is 2.58. The van der Waals surface area contributed by atoms with E-state index < -0.39 is 47.7 Å². The Hall–Kier alpha value is -7.76. The minimum absolute atomic E-state index is 0.0334. The lowest BCUT2D eigenvalue weighted by Gasteiger charge is -2.42. The highest BCUT2D eigenvalue weighted by atomic mass is 35.5. The highest BCUT2D eigenvalue weighted by Crippen LogP contribution is 2.40. The van der Waals surface area contributed by atoms with Gasteiger partial charge in [-0.2, -0.15) is 10.1 Å². The lowest BCUT2D eigenvalue weighted by Crippen LogP contribution is -2.55. The van der Waals surface area contributed by atoms with E-state index in [4.69, 9.17) is 42.8 Å². The molecule has 4 heterocycles.